The second-order valence-corrected chi connectivity index (χ2v) is 13.5. The molecule has 2 heterocycles. The maximum Gasteiger partial charge on any atom is 0.160 e. The highest BCUT2D eigenvalue weighted by Crippen LogP contribution is 2.47. The Morgan fingerprint density at radius 3 is 2.33 bits per heavy atom. The number of piperidine rings is 1. The molecule has 0 atom stereocenters. The van der Waals surface area contributed by atoms with Gasteiger partial charge in [0.15, 0.2) is 9.84 Å². The summed E-state index contributed by atoms with van der Waals surface area (Å²) in [5.74, 6) is 0.608. The fourth-order valence-corrected chi connectivity index (χ4v) is 6.92. The minimum atomic E-state index is -2.95. The highest BCUT2D eigenvalue weighted by atomic mass is 32.2. The average molecular weight is 447 g/mol. The molecule has 0 unspecified atom stereocenters. The Morgan fingerprint density at radius 2 is 1.70 bits per heavy atom. The van der Waals surface area contributed by atoms with Gasteiger partial charge in [0.2, 0.25) is 0 Å². The SMILES string of the molecule is CC1(C)CCC(C)(C)c2cc(-c3csc(C4CCN(CS(C)(=O)=O)CC4)n3)ccc21. The van der Waals surface area contributed by atoms with Crippen LogP contribution in [0.1, 0.15) is 75.4 Å². The summed E-state index contributed by atoms with van der Waals surface area (Å²) >= 11 is 1.75. The van der Waals surface area contributed by atoms with E-state index in [1.165, 1.54) is 40.8 Å². The monoisotopic (exact) mass is 446 g/mol. The maximum atomic E-state index is 11.5. The highest BCUT2D eigenvalue weighted by molar-refractivity contribution is 7.90. The Morgan fingerprint density at radius 1 is 1.07 bits per heavy atom. The molecule has 0 bridgehead atoms. The van der Waals surface area contributed by atoms with E-state index >= 15 is 0 Å². The molecule has 4 rings (SSSR count). The number of rotatable bonds is 4. The first-order chi connectivity index (χ1) is 13.9. The summed E-state index contributed by atoms with van der Waals surface area (Å²) in [6, 6.07) is 6.95. The van der Waals surface area contributed by atoms with Crippen molar-refractivity contribution in [3.63, 3.8) is 0 Å². The molecule has 1 aromatic heterocycles. The molecule has 164 valence electrons. The smallest absolute Gasteiger partial charge is 0.160 e. The third-order valence-corrected chi connectivity index (χ3v) is 8.87. The zero-order chi connectivity index (χ0) is 21.7. The molecule has 1 aliphatic heterocycles. The number of aromatic nitrogens is 1. The average Bonchev–Trinajstić information content (AvgIpc) is 3.15. The van der Waals surface area contributed by atoms with Crippen molar-refractivity contribution < 1.29 is 8.42 Å². The lowest BCUT2D eigenvalue weighted by molar-refractivity contribution is 0.241. The summed E-state index contributed by atoms with van der Waals surface area (Å²) in [5, 5.41) is 3.39. The first-order valence-corrected chi connectivity index (χ1v) is 13.9. The molecular formula is C24H34N2O2S2. The van der Waals surface area contributed by atoms with Crippen LogP contribution in [0.15, 0.2) is 23.6 Å². The molecule has 6 heteroatoms. The van der Waals surface area contributed by atoms with Gasteiger partial charge in [0, 0.05) is 23.1 Å². The quantitative estimate of drug-likeness (QED) is 0.636. The van der Waals surface area contributed by atoms with Crippen LogP contribution in [0.3, 0.4) is 0 Å². The Hall–Kier alpha value is -1.24. The number of nitrogens with zero attached hydrogens (tertiary/aromatic N) is 2. The molecule has 1 saturated heterocycles. The first-order valence-electron chi connectivity index (χ1n) is 11.0. The fraction of sp³-hybridized carbons (Fsp3) is 0.625. The minimum Gasteiger partial charge on any atom is -0.290 e. The van der Waals surface area contributed by atoms with Gasteiger partial charge in [-0.05, 0) is 66.8 Å². The van der Waals surface area contributed by atoms with E-state index in [9.17, 15) is 8.42 Å². The number of benzene rings is 1. The number of thiazole rings is 1. The van der Waals surface area contributed by atoms with E-state index in [1.807, 2.05) is 4.90 Å². The van der Waals surface area contributed by atoms with Crippen molar-refractivity contribution >= 4 is 21.2 Å². The second kappa shape index (κ2) is 7.72. The van der Waals surface area contributed by atoms with Gasteiger partial charge in [-0.25, -0.2) is 13.4 Å². The van der Waals surface area contributed by atoms with Crippen molar-refractivity contribution in [2.75, 3.05) is 25.2 Å². The number of hydrogen-bond donors (Lipinski definition) is 0. The lowest BCUT2D eigenvalue weighted by Crippen LogP contribution is -2.36. The van der Waals surface area contributed by atoms with E-state index in [2.05, 4.69) is 51.3 Å². The van der Waals surface area contributed by atoms with E-state index in [0.717, 1.165) is 31.6 Å². The Labute approximate surface area is 185 Å². The van der Waals surface area contributed by atoms with Gasteiger partial charge in [-0.15, -0.1) is 11.3 Å². The van der Waals surface area contributed by atoms with Gasteiger partial charge in [-0.1, -0.05) is 39.8 Å². The number of fused-ring (bicyclic) bond motifs is 1. The van der Waals surface area contributed by atoms with Crippen molar-refractivity contribution in [3.05, 3.63) is 39.7 Å². The van der Waals surface area contributed by atoms with Crippen LogP contribution in [-0.2, 0) is 20.7 Å². The molecular weight excluding hydrogens is 412 g/mol. The van der Waals surface area contributed by atoms with E-state index < -0.39 is 9.84 Å². The van der Waals surface area contributed by atoms with E-state index in [-0.39, 0.29) is 16.7 Å². The van der Waals surface area contributed by atoms with Gasteiger partial charge in [0.1, 0.15) is 5.88 Å². The summed E-state index contributed by atoms with van der Waals surface area (Å²) < 4.78 is 23.1. The fourth-order valence-electron chi connectivity index (χ4n) is 5.00. The van der Waals surface area contributed by atoms with Crippen molar-refractivity contribution in [3.8, 4) is 11.3 Å². The van der Waals surface area contributed by atoms with Crippen molar-refractivity contribution in [2.24, 2.45) is 0 Å². The summed E-state index contributed by atoms with van der Waals surface area (Å²) in [7, 11) is -2.95. The molecule has 0 saturated carbocycles. The molecule has 1 aliphatic carbocycles. The molecule has 1 aromatic carbocycles. The van der Waals surface area contributed by atoms with Gasteiger partial charge in [0.25, 0.3) is 0 Å². The molecule has 1 fully saturated rings. The number of likely N-dealkylation sites (tertiary alicyclic amines) is 1. The summed E-state index contributed by atoms with van der Waals surface area (Å²) in [5.41, 5.74) is 5.69. The summed E-state index contributed by atoms with van der Waals surface area (Å²) in [6.07, 6.45) is 5.71. The molecule has 0 spiro atoms. The minimum absolute atomic E-state index is 0.171. The van der Waals surface area contributed by atoms with Crippen molar-refractivity contribution in [1.29, 1.82) is 0 Å². The lowest BCUT2D eigenvalue weighted by Gasteiger charge is -2.42. The zero-order valence-corrected chi connectivity index (χ0v) is 20.5. The van der Waals surface area contributed by atoms with Crippen LogP contribution < -0.4 is 0 Å². The van der Waals surface area contributed by atoms with Crippen LogP contribution in [-0.4, -0.2) is 43.5 Å². The molecule has 0 amide bonds. The van der Waals surface area contributed by atoms with Gasteiger partial charge in [-0.3, -0.25) is 4.90 Å². The standard InChI is InChI=1S/C24H34N2O2S2/c1-23(2)10-11-24(3,4)20-14-18(6-7-19(20)23)21-15-29-22(25-21)17-8-12-26(13-9-17)16-30(5,27)28/h6-7,14-15,17H,8-13,16H2,1-5H3. The zero-order valence-electron chi connectivity index (χ0n) is 18.9. The van der Waals surface area contributed by atoms with Crippen LogP contribution in [0.5, 0.6) is 0 Å². The van der Waals surface area contributed by atoms with Crippen LogP contribution >= 0.6 is 11.3 Å². The van der Waals surface area contributed by atoms with Crippen LogP contribution in [0, 0.1) is 0 Å². The van der Waals surface area contributed by atoms with Gasteiger partial charge >= 0.3 is 0 Å². The maximum absolute atomic E-state index is 11.5. The van der Waals surface area contributed by atoms with Crippen LogP contribution in [0.25, 0.3) is 11.3 Å². The van der Waals surface area contributed by atoms with Crippen LogP contribution in [0.2, 0.25) is 0 Å². The van der Waals surface area contributed by atoms with E-state index in [0.29, 0.717) is 5.92 Å². The summed E-state index contributed by atoms with van der Waals surface area (Å²) in [6.45, 7) is 11.1. The van der Waals surface area contributed by atoms with Crippen LogP contribution in [0.4, 0.5) is 0 Å². The third kappa shape index (κ3) is 4.51. The normalized spacial score (nSPS) is 22.0. The summed E-state index contributed by atoms with van der Waals surface area (Å²) in [4.78, 5) is 7.07. The van der Waals surface area contributed by atoms with Gasteiger partial charge in [0.05, 0.1) is 10.7 Å². The van der Waals surface area contributed by atoms with Gasteiger partial charge in [-0.2, -0.15) is 0 Å². The van der Waals surface area contributed by atoms with Gasteiger partial charge < -0.3 is 0 Å². The Kier molecular flexibility index (Phi) is 5.65. The Bertz CT molecular complexity index is 1030. The number of sulfone groups is 1. The molecule has 4 nitrogen and oxygen atoms in total. The highest BCUT2D eigenvalue weighted by Gasteiger charge is 2.37. The predicted molar refractivity (Wildman–Crippen MR) is 126 cm³/mol. The van der Waals surface area contributed by atoms with Crippen molar-refractivity contribution in [1.82, 2.24) is 9.88 Å². The topological polar surface area (TPSA) is 50.3 Å². The predicted octanol–water partition coefficient (Wildman–Crippen LogP) is 5.34. The third-order valence-electron chi connectivity index (χ3n) is 7.02. The Balaban J connectivity index is 1.53. The second-order valence-electron chi connectivity index (χ2n) is 10.5. The first kappa shape index (κ1) is 22.0. The molecule has 2 aliphatic rings. The molecule has 2 aromatic rings. The van der Waals surface area contributed by atoms with E-state index in [1.54, 1.807) is 11.3 Å². The molecule has 30 heavy (non-hydrogen) atoms. The lowest BCUT2D eigenvalue weighted by atomic mass is 9.63. The number of hydrogen-bond acceptors (Lipinski definition) is 5. The largest absolute Gasteiger partial charge is 0.290 e. The van der Waals surface area contributed by atoms with E-state index in [4.69, 9.17) is 4.98 Å². The molecule has 0 radical (unpaired) electrons. The van der Waals surface area contributed by atoms with Crippen molar-refractivity contribution in [2.45, 2.75) is 70.1 Å². The molecule has 0 N–H and O–H groups in total.